The van der Waals surface area contributed by atoms with Crippen LogP contribution in [0.3, 0.4) is 0 Å². The van der Waals surface area contributed by atoms with Gasteiger partial charge in [-0.15, -0.1) is 11.3 Å². The quantitative estimate of drug-likeness (QED) is 0.432. The molecule has 0 atom stereocenters. The summed E-state index contributed by atoms with van der Waals surface area (Å²) in [5, 5.41) is 2.28. The molecule has 1 heterocycles. The largest absolute Gasteiger partial charge is 0.128 e. The van der Waals surface area contributed by atoms with Crippen molar-refractivity contribution in [1.82, 2.24) is 0 Å². The van der Waals surface area contributed by atoms with E-state index in [2.05, 4.69) is 72.6 Å². The minimum Gasteiger partial charge on any atom is -0.128 e. The molecule has 68 valence electrons. The highest BCUT2D eigenvalue weighted by molar-refractivity contribution is 14.1. The van der Waals surface area contributed by atoms with E-state index in [9.17, 15) is 0 Å². The number of fused-ring (bicyclic) bond motifs is 1. The van der Waals surface area contributed by atoms with E-state index in [-0.39, 0.29) is 0 Å². The fourth-order valence-corrected chi connectivity index (χ4v) is 4.12. The fraction of sp³-hybridized carbons (Fsp3) is 0.111. The molecule has 0 nitrogen and oxygen atoms in total. The topological polar surface area (TPSA) is 0 Å². The Kier molecular flexibility index (Phi) is 3.33. The second-order valence-electron chi connectivity index (χ2n) is 2.63. The zero-order chi connectivity index (χ0) is 9.42. The maximum atomic E-state index is 3.57. The zero-order valence-corrected chi connectivity index (χ0v) is 12.6. The number of rotatable bonds is 1. The predicted octanol–water partition coefficient (Wildman–Crippen LogP) is 5.16. The molecular weight excluding hydrogens is 427 g/mol. The Morgan fingerprint density at radius 2 is 2.15 bits per heavy atom. The molecule has 0 saturated heterocycles. The highest BCUT2D eigenvalue weighted by atomic mass is 127. The zero-order valence-electron chi connectivity index (χ0n) is 6.48. The molecule has 0 amide bonds. The number of benzene rings is 1. The molecule has 4 heteroatoms. The lowest BCUT2D eigenvalue weighted by Gasteiger charge is -1.99. The van der Waals surface area contributed by atoms with Crippen LogP contribution in [-0.2, 0) is 5.33 Å². The van der Waals surface area contributed by atoms with Gasteiger partial charge in [0.2, 0.25) is 0 Å². The molecule has 0 fully saturated rings. The molecule has 0 aliphatic rings. The first kappa shape index (κ1) is 10.4. The monoisotopic (exact) mass is 430 g/mol. The Hall–Kier alpha value is 0.870. The van der Waals surface area contributed by atoms with Crippen molar-refractivity contribution >= 4 is 75.9 Å². The molecule has 2 rings (SSSR count). The van der Waals surface area contributed by atoms with E-state index in [1.165, 1.54) is 23.0 Å². The Bertz CT molecular complexity index is 450. The molecule has 0 bridgehead atoms. The van der Waals surface area contributed by atoms with Gasteiger partial charge < -0.3 is 0 Å². The van der Waals surface area contributed by atoms with E-state index in [4.69, 9.17) is 0 Å². The summed E-state index contributed by atoms with van der Waals surface area (Å²) in [5.74, 6) is 0. The van der Waals surface area contributed by atoms with Gasteiger partial charge in [0.15, 0.2) is 0 Å². The maximum Gasteiger partial charge on any atom is 0.0666 e. The number of halogens is 3. The van der Waals surface area contributed by atoms with Crippen LogP contribution in [0.4, 0.5) is 0 Å². The van der Waals surface area contributed by atoms with Gasteiger partial charge in [0.25, 0.3) is 0 Å². The van der Waals surface area contributed by atoms with Gasteiger partial charge in [-0.3, -0.25) is 0 Å². The minimum absolute atomic E-state index is 0.920. The summed E-state index contributed by atoms with van der Waals surface area (Å²) >= 11 is 11.3. The third kappa shape index (κ3) is 1.96. The summed E-state index contributed by atoms with van der Waals surface area (Å²) in [7, 11) is 0. The van der Waals surface area contributed by atoms with E-state index in [0.29, 0.717) is 0 Å². The fourth-order valence-electron chi connectivity index (χ4n) is 1.23. The maximum absolute atomic E-state index is 3.57. The summed E-state index contributed by atoms with van der Waals surface area (Å²) < 4.78 is 3.88. The second-order valence-corrected chi connectivity index (χ2v) is 6.99. The van der Waals surface area contributed by atoms with E-state index < -0.39 is 0 Å². The van der Waals surface area contributed by atoms with Crippen LogP contribution in [0.25, 0.3) is 10.1 Å². The Balaban J connectivity index is 2.83. The van der Waals surface area contributed by atoms with Crippen LogP contribution in [-0.4, -0.2) is 0 Å². The molecule has 0 aliphatic heterocycles. The third-order valence-electron chi connectivity index (χ3n) is 1.84. The molecule has 0 aliphatic carbocycles. The molecule has 0 unspecified atom stereocenters. The third-order valence-corrected chi connectivity index (χ3v) is 5.30. The highest BCUT2D eigenvalue weighted by Gasteiger charge is 2.06. The molecule has 0 spiro atoms. The molecule has 0 saturated carbocycles. The molecule has 0 radical (unpaired) electrons. The minimum atomic E-state index is 0.920. The average Bonchev–Trinajstić information content (AvgIpc) is 2.48. The summed E-state index contributed by atoms with van der Waals surface area (Å²) in [6, 6.07) is 6.51. The van der Waals surface area contributed by atoms with E-state index in [0.717, 1.165) is 5.33 Å². The van der Waals surface area contributed by atoms with Crippen molar-refractivity contribution in [3.8, 4) is 0 Å². The smallest absolute Gasteiger partial charge is 0.0666 e. The first-order valence-corrected chi connectivity index (χ1v) is 7.45. The first-order chi connectivity index (χ1) is 6.22. The van der Waals surface area contributed by atoms with Crippen molar-refractivity contribution in [2.75, 3.05) is 0 Å². The lowest BCUT2D eigenvalue weighted by atomic mass is 10.2. The second kappa shape index (κ2) is 4.16. The Labute approximate surface area is 111 Å². The normalized spacial score (nSPS) is 11.0. The summed E-state index contributed by atoms with van der Waals surface area (Å²) in [5.41, 5.74) is 1.36. The van der Waals surface area contributed by atoms with Gasteiger partial charge in [-0.25, -0.2) is 0 Å². The highest BCUT2D eigenvalue weighted by Crippen LogP contribution is 2.35. The molecule has 0 N–H and O–H groups in total. The average molecular weight is 432 g/mol. The van der Waals surface area contributed by atoms with Gasteiger partial charge in [0.1, 0.15) is 0 Å². The van der Waals surface area contributed by atoms with Crippen LogP contribution >= 0.6 is 65.8 Å². The van der Waals surface area contributed by atoms with Crippen LogP contribution < -0.4 is 0 Å². The van der Waals surface area contributed by atoms with Crippen molar-refractivity contribution in [2.24, 2.45) is 0 Å². The van der Waals surface area contributed by atoms with E-state index >= 15 is 0 Å². The Morgan fingerprint density at radius 1 is 1.38 bits per heavy atom. The molecule has 13 heavy (non-hydrogen) atoms. The summed E-state index contributed by atoms with van der Waals surface area (Å²) in [6.45, 7) is 0. The summed E-state index contributed by atoms with van der Waals surface area (Å²) in [6.07, 6.45) is 0. The standard InChI is InChI=1S/C9H5Br2IS/c10-4-5-1-2-7(11)9-6(5)3-8(12)13-9/h1-3H,4H2. The lowest BCUT2D eigenvalue weighted by molar-refractivity contribution is 1.49. The van der Waals surface area contributed by atoms with Gasteiger partial charge in [-0.2, -0.15) is 0 Å². The number of hydrogen-bond donors (Lipinski definition) is 0. The molecule has 1 aromatic heterocycles. The number of thiophene rings is 1. The SMILES string of the molecule is BrCc1ccc(Br)c2sc(I)cc12. The van der Waals surface area contributed by atoms with Crippen LogP contribution in [0, 0.1) is 2.88 Å². The van der Waals surface area contributed by atoms with Crippen LogP contribution in [0.15, 0.2) is 22.7 Å². The summed E-state index contributed by atoms with van der Waals surface area (Å²) in [4.78, 5) is 0. The predicted molar refractivity (Wildman–Crippen MR) is 74.9 cm³/mol. The van der Waals surface area contributed by atoms with Crippen molar-refractivity contribution in [3.05, 3.63) is 31.1 Å². The number of alkyl halides is 1. The van der Waals surface area contributed by atoms with Gasteiger partial charge in [0.05, 0.1) is 2.88 Å². The van der Waals surface area contributed by atoms with Crippen molar-refractivity contribution < 1.29 is 0 Å². The van der Waals surface area contributed by atoms with Gasteiger partial charge in [0, 0.05) is 14.5 Å². The van der Waals surface area contributed by atoms with Crippen molar-refractivity contribution in [3.63, 3.8) is 0 Å². The van der Waals surface area contributed by atoms with Crippen molar-refractivity contribution in [2.45, 2.75) is 5.33 Å². The van der Waals surface area contributed by atoms with Crippen LogP contribution in [0.5, 0.6) is 0 Å². The van der Waals surface area contributed by atoms with Gasteiger partial charge in [-0.05, 0) is 61.6 Å². The van der Waals surface area contributed by atoms with Gasteiger partial charge >= 0.3 is 0 Å². The van der Waals surface area contributed by atoms with Crippen LogP contribution in [0.1, 0.15) is 5.56 Å². The molecular formula is C9H5Br2IS. The molecule has 1 aromatic carbocycles. The van der Waals surface area contributed by atoms with Crippen LogP contribution in [0.2, 0.25) is 0 Å². The van der Waals surface area contributed by atoms with E-state index in [1.54, 1.807) is 0 Å². The van der Waals surface area contributed by atoms with Gasteiger partial charge in [-0.1, -0.05) is 22.0 Å². The van der Waals surface area contributed by atoms with Crippen molar-refractivity contribution in [1.29, 1.82) is 0 Å². The Morgan fingerprint density at radius 3 is 2.85 bits per heavy atom. The molecule has 2 aromatic rings. The number of hydrogen-bond acceptors (Lipinski definition) is 1. The lowest BCUT2D eigenvalue weighted by Crippen LogP contribution is -1.77. The first-order valence-electron chi connectivity index (χ1n) is 3.65. The van der Waals surface area contributed by atoms with E-state index in [1.807, 2.05) is 11.3 Å².